The molecule has 1 saturated heterocycles. The molecular formula is C16H22ClN3O3. The third-order valence-electron chi connectivity index (χ3n) is 4.12. The van der Waals surface area contributed by atoms with Gasteiger partial charge in [0.05, 0.1) is 6.42 Å². The van der Waals surface area contributed by atoms with Gasteiger partial charge in [0.25, 0.3) is 0 Å². The number of carboxylic acids is 1. The summed E-state index contributed by atoms with van der Waals surface area (Å²) in [5, 5.41) is 12.7. The standard InChI is InChI=1S/C16H22ClN3O3/c1-11-3-4-12(17)9-13(11)18-15(21)10-14(16(22)23)20-7-5-19(2)6-8-20/h3-4,9,14H,5-8,10H2,1-2H3,(H,18,21)(H,22,23)/t14-/m1/s1. The highest BCUT2D eigenvalue weighted by Crippen LogP contribution is 2.21. The van der Waals surface area contributed by atoms with Crippen LogP contribution >= 0.6 is 11.6 Å². The number of piperazine rings is 1. The number of carboxylic acid groups (broad SMARTS) is 1. The minimum absolute atomic E-state index is 0.0784. The van der Waals surface area contributed by atoms with E-state index in [1.165, 1.54) is 0 Å². The number of aryl methyl sites for hydroxylation is 1. The molecule has 0 aromatic heterocycles. The average Bonchev–Trinajstić information content (AvgIpc) is 2.49. The van der Waals surface area contributed by atoms with E-state index < -0.39 is 12.0 Å². The zero-order chi connectivity index (χ0) is 17.0. The Kier molecular flexibility index (Phi) is 5.98. The minimum Gasteiger partial charge on any atom is -0.480 e. The third kappa shape index (κ3) is 4.92. The summed E-state index contributed by atoms with van der Waals surface area (Å²) in [6, 6.07) is 4.42. The minimum atomic E-state index is -0.965. The first-order valence-electron chi connectivity index (χ1n) is 7.58. The van der Waals surface area contributed by atoms with E-state index in [9.17, 15) is 14.7 Å². The van der Waals surface area contributed by atoms with E-state index in [-0.39, 0.29) is 12.3 Å². The first-order valence-corrected chi connectivity index (χ1v) is 7.96. The van der Waals surface area contributed by atoms with Gasteiger partial charge in [0.1, 0.15) is 6.04 Å². The SMILES string of the molecule is Cc1ccc(Cl)cc1NC(=O)C[C@H](C(=O)O)N1CCN(C)CC1. The lowest BCUT2D eigenvalue weighted by Gasteiger charge is -2.35. The van der Waals surface area contributed by atoms with Crippen molar-refractivity contribution in [3.8, 4) is 0 Å². The smallest absolute Gasteiger partial charge is 0.321 e. The molecule has 0 radical (unpaired) electrons. The highest BCUT2D eigenvalue weighted by molar-refractivity contribution is 6.31. The molecule has 0 unspecified atom stereocenters. The zero-order valence-corrected chi connectivity index (χ0v) is 14.1. The van der Waals surface area contributed by atoms with Crippen LogP contribution in [0.4, 0.5) is 5.69 Å². The van der Waals surface area contributed by atoms with Gasteiger partial charge < -0.3 is 15.3 Å². The summed E-state index contributed by atoms with van der Waals surface area (Å²) in [4.78, 5) is 27.8. The van der Waals surface area contributed by atoms with Gasteiger partial charge in [-0.25, -0.2) is 0 Å². The van der Waals surface area contributed by atoms with E-state index in [0.717, 1.165) is 18.7 Å². The molecule has 1 atom stereocenters. The molecule has 1 aliphatic heterocycles. The van der Waals surface area contributed by atoms with Gasteiger partial charge in [0.15, 0.2) is 0 Å². The van der Waals surface area contributed by atoms with Crippen molar-refractivity contribution in [1.82, 2.24) is 9.80 Å². The molecule has 1 aromatic rings. The van der Waals surface area contributed by atoms with Crippen LogP contribution in [0.5, 0.6) is 0 Å². The number of aliphatic carboxylic acids is 1. The zero-order valence-electron chi connectivity index (χ0n) is 13.4. The second kappa shape index (κ2) is 7.77. The number of hydrogen-bond donors (Lipinski definition) is 2. The van der Waals surface area contributed by atoms with Gasteiger partial charge in [-0.3, -0.25) is 14.5 Å². The average molecular weight is 340 g/mol. The topological polar surface area (TPSA) is 72.9 Å². The van der Waals surface area contributed by atoms with E-state index in [1.807, 2.05) is 24.9 Å². The molecule has 0 saturated carbocycles. The number of carbonyl (C=O) groups excluding carboxylic acids is 1. The quantitative estimate of drug-likeness (QED) is 0.854. The summed E-state index contributed by atoms with van der Waals surface area (Å²) in [7, 11) is 2.00. The van der Waals surface area contributed by atoms with Crippen molar-refractivity contribution in [2.24, 2.45) is 0 Å². The maximum absolute atomic E-state index is 12.2. The fraction of sp³-hybridized carbons (Fsp3) is 0.500. The molecule has 1 aliphatic rings. The van der Waals surface area contributed by atoms with Crippen LogP contribution in [0.15, 0.2) is 18.2 Å². The number of halogens is 1. The first kappa shape index (κ1) is 17.7. The van der Waals surface area contributed by atoms with Gasteiger partial charge in [0, 0.05) is 36.9 Å². The lowest BCUT2D eigenvalue weighted by atomic mass is 10.1. The van der Waals surface area contributed by atoms with Crippen LogP contribution in [0.1, 0.15) is 12.0 Å². The Hall–Kier alpha value is -1.63. The highest BCUT2D eigenvalue weighted by Gasteiger charge is 2.30. The molecule has 0 bridgehead atoms. The van der Waals surface area contributed by atoms with Crippen LogP contribution in [0.2, 0.25) is 5.02 Å². The molecule has 1 aromatic carbocycles. The van der Waals surface area contributed by atoms with Crippen LogP contribution in [0.3, 0.4) is 0 Å². The lowest BCUT2D eigenvalue weighted by Crippen LogP contribution is -2.52. The Labute approximate surface area is 141 Å². The molecule has 1 heterocycles. The molecule has 0 spiro atoms. The van der Waals surface area contributed by atoms with Crippen molar-refractivity contribution in [2.45, 2.75) is 19.4 Å². The Balaban J connectivity index is 2.00. The predicted molar refractivity (Wildman–Crippen MR) is 89.9 cm³/mol. The van der Waals surface area contributed by atoms with Crippen LogP contribution < -0.4 is 5.32 Å². The van der Waals surface area contributed by atoms with E-state index >= 15 is 0 Å². The Bertz CT molecular complexity index is 586. The normalized spacial score (nSPS) is 17.7. The third-order valence-corrected chi connectivity index (χ3v) is 4.35. The van der Waals surface area contributed by atoms with Gasteiger partial charge in [0.2, 0.25) is 5.91 Å². The lowest BCUT2D eigenvalue weighted by molar-refractivity contribution is -0.145. The molecule has 0 aliphatic carbocycles. The summed E-state index contributed by atoms with van der Waals surface area (Å²) in [5.74, 6) is -1.28. The Morgan fingerprint density at radius 1 is 1.30 bits per heavy atom. The van der Waals surface area contributed by atoms with Crippen LogP contribution in [0, 0.1) is 6.92 Å². The van der Waals surface area contributed by atoms with Crippen molar-refractivity contribution in [2.75, 3.05) is 38.5 Å². The van der Waals surface area contributed by atoms with Crippen LogP contribution in [-0.4, -0.2) is 66.1 Å². The number of amides is 1. The highest BCUT2D eigenvalue weighted by atomic mass is 35.5. The molecule has 23 heavy (non-hydrogen) atoms. The molecule has 6 nitrogen and oxygen atoms in total. The molecule has 2 N–H and O–H groups in total. The summed E-state index contributed by atoms with van der Waals surface area (Å²) < 4.78 is 0. The molecule has 2 rings (SSSR count). The van der Waals surface area contributed by atoms with Gasteiger partial charge >= 0.3 is 5.97 Å². The fourth-order valence-corrected chi connectivity index (χ4v) is 2.78. The van der Waals surface area contributed by atoms with Gasteiger partial charge in [-0.2, -0.15) is 0 Å². The van der Waals surface area contributed by atoms with Crippen molar-refractivity contribution in [3.05, 3.63) is 28.8 Å². The summed E-state index contributed by atoms with van der Waals surface area (Å²) in [6.07, 6.45) is -0.0784. The molecule has 1 amide bonds. The number of hydrogen-bond acceptors (Lipinski definition) is 4. The van der Waals surface area contributed by atoms with Crippen molar-refractivity contribution < 1.29 is 14.7 Å². The van der Waals surface area contributed by atoms with Gasteiger partial charge in [-0.05, 0) is 31.7 Å². The van der Waals surface area contributed by atoms with Crippen molar-refractivity contribution in [1.29, 1.82) is 0 Å². The second-order valence-electron chi connectivity index (χ2n) is 5.90. The first-order chi connectivity index (χ1) is 10.9. The number of carbonyl (C=O) groups is 2. The molecular weight excluding hydrogens is 318 g/mol. The van der Waals surface area contributed by atoms with E-state index in [2.05, 4.69) is 10.2 Å². The summed E-state index contributed by atoms with van der Waals surface area (Å²) in [5.41, 5.74) is 1.50. The fourth-order valence-electron chi connectivity index (χ4n) is 2.61. The number of rotatable bonds is 5. The largest absolute Gasteiger partial charge is 0.480 e. The van der Waals surface area contributed by atoms with Gasteiger partial charge in [-0.1, -0.05) is 17.7 Å². The summed E-state index contributed by atoms with van der Waals surface area (Å²) >= 11 is 5.93. The summed E-state index contributed by atoms with van der Waals surface area (Å²) in [6.45, 7) is 4.77. The number of anilines is 1. The van der Waals surface area contributed by atoms with Crippen LogP contribution in [-0.2, 0) is 9.59 Å². The second-order valence-corrected chi connectivity index (χ2v) is 6.34. The molecule has 1 fully saturated rings. The number of nitrogens with one attached hydrogen (secondary N) is 1. The van der Waals surface area contributed by atoms with Crippen LogP contribution in [0.25, 0.3) is 0 Å². The monoisotopic (exact) mass is 339 g/mol. The maximum atomic E-state index is 12.2. The molecule has 126 valence electrons. The molecule has 7 heteroatoms. The van der Waals surface area contributed by atoms with E-state index in [0.29, 0.717) is 23.8 Å². The number of likely N-dealkylation sites (N-methyl/N-ethyl adjacent to an activating group) is 1. The van der Waals surface area contributed by atoms with E-state index in [1.54, 1.807) is 12.1 Å². The predicted octanol–water partition coefficient (Wildman–Crippen LogP) is 1.68. The number of nitrogens with zero attached hydrogens (tertiary/aromatic N) is 2. The van der Waals surface area contributed by atoms with Gasteiger partial charge in [-0.15, -0.1) is 0 Å². The Morgan fingerprint density at radius 2 is 1.96 bits per heavy atom. The van der Waals surface area contributed by atoms with Crippen molar-refractivity contribution in [3.63, 3.8) is 0 Å². The maximum Gasteiger partial charge on any atom is 0.321 e. The van der Waals surface area contributed by atoms with E-state index in [4.69, 9.17) is 11.6 Å². The number of benzene rings is 1. The Morgan fingerprint density at radius 3 is 2.57 bits per heavy atom. The van der Waals surface area contributed by atoms with Crippen molar-refractivity contribution >= 4 is 29.2 Å².